The van der Waals surface area contributed by atoms with Crippen molar-refractivity contribution in [1.82, 2.24) is 4.57 Å². The Bertz CT molecular complexity index is 947. The first-order valence-corrected chi connectivity index (χ1v) is 7.90. The quantitative estimate of drug-likeness (QED) is 0.606. The van der Waals surface area contributed by atoms with Crippen LogP contribution in [0.2, 0.25) is 0 Å². The predicted molar refractivity (Wildman–Crippen MR) is 87.0 cm³/mol. The Kier molecular flexibility index (Phi) is 3.26. The van der Waals surface area contributed by atoms with E-state index in [1.807, 2.05) is 36.4 Å². The first kappa shape index (κ1) is 13.6. The fourth-order valence-electron chi connectivity index (χ4n) is 2.85. The molecule has 3 heterocycles. The minimum atomic E-state index is -0.101. The molecule has 0 bridgehead atoms. The van der Waals surface area contributed by atoms with Crippen molar-refractivity contribution in [1.29, 1.82) is 0 Å². The van der Waals surface area contributed by atoms with Gasteiger partial charge in [-0.1, -0.05) is 12.1 Å². The van der Waals surface area contributed by atoms with Crippen LogP contribution in [0.3, 0.4) is 0 Å². The van der Waals surface area contributed by atoms with Crippen LogP contribution < -0.4 is 0 Å². The van der Waals surface area contributed by atoms with Crippen LogP contribution >= 0.6 is 11.3 Å². The molecule has 1 aromatic carbocycles. The van der Waals surface area contributed by atoms with Gasteiger partial charge in [-0.05, 0) is 24.3 Å². The van der Waals surface area contributed by atoms with Gasteiger partial charge in [0, 0.05) is 21.2 Å². The normalized spacial score (nSPS) is 11.7. The molecule has 0 aliphatic heterocycles. The molecule has 0 amide bonds. The lowest BCUT2D eigenvalue weighted by Crippen LogP contribution is -1.96. The van der Waals surface area contributed by atoms with E-state index in [-0.39, 0.29) is 13.2 Å². The average molecular weight is 313 g/mol. The van der Waals surface area contributed by atoms with E-state index in [1.165, 1.54) is 4.88 Å². The maximum absolute atomic E-state index is 9.32. The van der Waals surface area contributed by atoms with E-state index in [0.717, 1.165) is 33.4 Å². The SMILES string of the molecule is OCc1cc2c(o1)c1ccccc1n2Cc1ccc(CO)s1. The number of thiophene rings is 1. The number of nitrogens with zero attached hydrogens (tertiary/aromatic N) is 1. The second-order valence-corrected chi connectivity index (χ2v) is 6.47. The molecule has 112 valence electrons. The van der Waals surface area contributed by atoms with E-state index in [4.69, 9.17) is 4.42 Å². The highest BCUT2D eigenvalue weighted by atomic mass is 32.1. The fourth-order valence-corrected chi connectivity index (χ4v) is 3.72. The van der Waals surface area contributed by atoms with Gasteiger partial charge in [0.1, 0.15) is 12.4 Å². The molecule has 0 saturated heterocycles. The highest BCUT2D eigenvalue weighted by molar-refractivity contribution is 7.11. The van der Waals surface area contributed by atoms with E-state index in [0.29, 0.717) is 5.76 Å². The van der Waals surface area contributed by atoms with Crippen LogP contribution in [-0.4, -0.2) is 14.8 Å². The highest BCUT2D eigenvalue weighted by Gasteiger charge is 2.16. The fraction of sp³-hybridized carbons (Fsp3) is 0.176. The molecule has 0 saturated carbocycles. The summed E-state index contributed by atoms with van der Waals surface area (Å²) < 4.78 is 7.96. The van der Waals surface area contributed by atoms with E-state index < -0.39 is 0 Å². The number of benzene rings is 1. The van der Waals surface area contributed by atoms with Gasteiger partial charge in [0.2, 0.25) is 0 Å². The summed E-state index contributed by atoms with van der Waals surface area (Å²) in [6.45, 7) is 0.697. The molecule has 4 aromatic rings. The predicted octanol–water partition coefficient (Wildman–Crippen LogP) is 3.48. The number of para-hydroxylation sites is 1. The number of aliphatic hydroxyl groups excluding tert-OH is 2. The van der Waals surface area contributed by atoms with Gasteiger partial charge in [0.25, 0.3) is 0 Å². The van der Waals surface area contributed by atoms with Gasteiger partial charge in [-0.25, -0.2) is 0 Å². The lowest BCUT2D eigenvalue weighted by molar-refractivity contribution is 0.251. The van der Waals surface area contributed by atoms with Gasteiger partial charge in [0.05, 0.1) is 24.2 Å². The number of furan rings is 1. The summed E-state index contributed by atoms with van der Waals surface area (Å²) in [5.74, 6) is 0.576. The Hall–Kier alpha value is -2.08. The van der Waals surface area contributed by atoms with Crippen LogP contribution in [0.15, 0.2) is 46.9 Å². The molecular weight excluding hydrogens is 298 g/mol. The average Bonchev–Trinajstić information content (AvgIpc) is 3.24. The zero-order valence-electron chi connectivity index (χ0n) is 11.8. The van der Waals surface area contributed by atoms with Crippen molar-refractivity contribution in [3.05, 3.63) is 58.0 Å². The molecule has 0 atom stereocenters. The summed E-state index contributed by atoms with van der Waals surface area (Å²) in [6, 6.07) is 14.0. The van der Waals surface area contributed by atoms with E-state index in [2.05, 4.69) is 10.6 Å². The molecule has 4 nitrogen and oxygen atoms in total. The molecule has 2 N–H and O–H groups in total. The molecule has 0 radical (unpaired) electrons. The molecule has 22 heavy (non-hydrogen) atoms. The van der Waals surface area contributed by atoms with Crippen molar-refractivity contribution in [2.24, 2.45) is 0 Å². The van der Waals surface area contributed by atoms with Gasteiger partial charge in [-0.15, -0.1) is 11.3 Å². The number of aromatic nitrogens is 1. The monoisotopic (exact) mass is 313 g/mol. The summed E-state index contributed by atoms with van der Waals surface area (Å²) in [5, 5.41) is 19.6. The highest BCUT2D eigenvalue weighted by Crippen LogP contribution is 2.33. The van der Waals surface area contributed by atoms with E-state index in [1.54, 1.807) is 11.3 Å². The minimum absolute atomic E-state index is 0.0763. The van der Waals surface area contributed by atoms with Gasteiger partial charge < -0.3 is 19.2 Å². The summed E-state index contributed by atoms with van der Waals surface area (Å²) in [6.07, 6.45) is 0. The second kappa shape index (κ2) is 5.28. The number of hydrogen-bond donors (Lipinski definition) is 2. The summed E-state index contributed by atoms with van der Waals surface area (Å²) in [5.41, 5.74) is 2.92. The Morgan fingerprint density at radius 1 is 0.955 bits per heavy atom. The second-order valence-electron chi connectivity index (χ2n) is 5.21. The van der Waals surface area contributed by atoms with E-state index in [9.17, 15) is 10.2 Å². The number of fused-ring (bicyclic) bond motifs is 3. The topological polar surface area (TPSA) is 58.5 Å². The molecule has 4 rings (SSSR count). The molecular formula is C17H15NO3S. The van der Waals surface area contributed by atoms with Crippen LogP contribution in [0.1, 0.15) is 15.5 Å². The van der Waals surface area contributed by atoms with Gasteiger partial charge in [-0.2, -0.15) is 0 Å². The molecule has 5 heteroatoms. The standard InChI is InChI=1S/C17H15NO3S/c19-9-11-7-16-17(21-11)14-3-1-2-4-15(14)18(16)8-12-5-6-13(10-20)22-12/h1-7,19-20H,8-10H2. The Balaban J connectivity index is 1.90. The van der Waals surface area contributed by atoms with Gasteiger partial charge in [-0.3, -0.25) is 0 Å². The molecule has 0 fully saturated rings. The summed E-state index contributed by atoms with van der Waals surface area (Å²) >= 11 is 1.61. The number of hydrogen-bond acceptors (Lipinski definition) is 4. The van der Waals surface area contributed by atoms with Crippen molar-refractivity contribution in [2.75, 3.05) is 0 Å². The first-order chi connectivity index (χ1) is 10.8. The molecule has 0 spiro atoms. The Morgan fingerprint density at radius 2 is 1.77 bits per heavy atom. The zero-order valence-corrected chi connectivity index (χ0v) is 12.6. The number of aliphatic hydroxyl groups is 2. The lowest BCUT2D eigenvalue weighted by Gasteiger charge is -2.04. The lowest BCUT2D eigenvalue weighted by atomic mass is 10.2. The van der Waals surface area contributed by atoms with Crippen molar-refractivity contribution in [3.63, 3.8) is 0 Å². The summed E-state index contributed by atoms with van der Waals surface area (Å²) in [7, 11) is 0. The third-order valence-corrected chi connectivity index (χ3v) is 4.89. The molecule has 3 aromatic heterocycles. The number of rotatable bonds is 4. The molecule has 0 aliphatic rings. The van der Waals surface area contributed by atoms with Crippen molar-refractivity contribution < 1.29 is 14.6 Å². The zero-order chi connectivity index (χ0) is 15.1. The summed E-state index contributed by atoms with van der Waals surface area (Å²) in [4.78, 5) is 2.14. The Morgan fingerprint density at radius 3 is 2.55 bits per heavy atom. The van der Waals surface area contributed by atoms with Gasteiger partial charge >= 0.3 is 0 Å². The molecule has 0 unspecified atom stereocenters. The van der Waals surface area contributed by atoms with Crippen LogP contribution in [0.5, 0.6) is 0 Å². The molecule has 0 aliphatic carbocycles. The maximum Gasteiger partial charge on any atom is 0.160 e. The van der Waals surface area contributed by atoms with Crippen LogP contribution in [0.25, 0.3) is 22.0 Å². The largest absolute Gasteiger partial charge is 0.456 e. The van der Waals surface area contributed by atoms with Crippen molar-refractivity contribution in [3.8, 4) is 0 Å². The minimum Gasteiger partial charge on any atom is -0.456 e. The van der Waals surface area contributed by atoms with Crippen molar-refractivity contribution in [2.45, 2.75) is 19.8 Å². The maximum atomic E-state index is 9.32. The third-order valence-electron chi connectivity index (χ3n) is 3.84. The van der Waals surface area contributed by atoms with Crippen LogP contribution in [0.4, 0.5) is 0 Å². The Labute approximate surface area is 130 Å². The third kappa shape index (κ3) is 2.06. The smallest absolute Gasteiger partial charge is 0.160 e. The van der Waals surface area contributed by atoms with Gasteiger partial charge in [0.15, 0.2) is 5.58 Å². The van der Waals surface area contributed by atoms with E-state index >= 15 is 0 Å². The van der Waals surface area contributed by atoms with Crippen LogP contribution in [-0.2, 0) is 19.8 Å². The van der Waals surface area contributed by atoms with Crippen molar-refractivity contribution >= 4 is 33.3 Å². The first-order valence-electron chi connectivity index (χ1n) is 7.09. The van der Waals surface area contributed by atoms with Crippen LogP contribution in [0, 0.1) is 0 Å².